The van der Waals surface area contributed by atoms with Crippen LogP contribution in [0.4, 0.5) is 5.95 Å². The summed E-state index contributed by atoms with van der Waals surface area (Å²) in [7, 11) is 0. The van der Waals surface area contributed by atoms with Crippen molar-refractivity contribution in [2.24, 2.45) is 0 Å². The zero-order valence-corrected chi connectivity index (χ0v) is 12.9. The van der Waals surface area contributed by atoms with Crippen LogP contribution in [0, 0.1) is 11.5 Å². The zero-order chi connectivity index (χ0) is 15.4. The third-order valence-corrected chi connectivity index (χ3v) is 3.66. The normalized spacial score (nSPS) is 10.0. The van der Waals surface area contributed by atoms with Gasteiger partial charge in [0.25, 0.3) is 0 Å². The summed E-state index contributed by atoms with van der Waals surface area (Å²) in [5.41, 5.74) is 3.00. The van der Waals surface area contributed by atoms with E-state index in [1.165, 1.54) is 0 Å². The molecule has 3 rings (SSSR count). The number of nitrogens with one attached hydrogen (secondary N) is 1. The molecule has 0 bridgehead atoms. The van der Waals surface area contributed by atoms with Gasteiger partial charge in [-0.3, -0.25) is 10.3 Å². The van der Waals surface area contributed by atoms with Gasteiger partial charge >= 0.3 is 0 Å². The maximum atomic E-state index is 8.83. The van der Waals surface area contributed by atoms with E-state index >= 15 is 0 Å². The first-order valence-corrected chi connectivity index (χ1v) is 7.28. The highest BCUT2D eigenvalue weighted by molar-refractivity contribution is 9.10. The van der Waals surface area contributed by atoms with Crippen molar-refractivity contribution < 1.29 is 0 Å². The highest BCUT2D eigenvalue weighted by Crippen LogP contribution is 2.29. The Morgan fingerprint density at radius 1 is 0.955 bits per heavy atom. The van der Waals surface area contributed by atoms with Gasteiger partial charge in [-0.15, -0.1) is 0 Å². The van der Waals surface area contributed by atoms with Gasteiger partial charge in [-0.2, -0.15) is 5.26 Å². The number of benzene rings is 1. The lowest BCUT2D eigenvalue weighted by molar-refractivity contribution is 1.15. The minimum Gasteiger partial charge on any atom is -0.261 e. The molecule has 6 heteroatoms. The van der Waals surface area contributed by atoms with Crippen LogP contribution in [0.2, 0.25) is 0 Å². The van der Waals surface area contributed by atoms with Crippen LogP contribution in [0.25, 0.3) is 22.6 Å². The molecule has 0 aliphatic rings. The van der Waals surface area contributed by atoms with Crippen LogP contribution in [0.5, 0.6) is 0 Å². The van der Waals surface area contributed by atoms with E-state index < -0.39 is 0 Å². The van der Waals surface area contributed by atoms with Gasteiger partial charge in [-0.1, -0.05) is 40.2 Å². The van der Waals surface area contributed by atoms with Crippen molar-refractivity contribution in [3.63, 3.8) is 0 Å². The van der Waals surface area contributed by atoms with E-state index in [4.69, 9.17) is 5.26 Å². The summed E-state index contributed by atoms with van der Waals surface area (Å²) < 4.78 is 0.920. The van der Waals surface area contributed by atoms with E-state index in [-0.39, 0.29) is 5.95 Å². The summed E-state index contributed by atoms with van der Waals surface area (Å²) in [4.78, 5) is 13.0. The van der Waals surface area contributed by atoms with Crippen molar-refractivity contribution >= 4 is 21.9 Å². The Kier molecular flexibility index (Phi) is 4.08. The Labute approximate surface area is 135 Å². The quantitative estimate of drug-likeness (QED) is 0.572. The van der Waals surface area contributed by atoms with Crippen molar-refractivity contribution in [3.05, 3.63) is 59.2 Å². The number of hydrogen-bond donors (Lipinski definition) is 1. The smallest absolute Gasteiger partial charge is 0.237 e. The average molecular weight is 352 g/mol. The van der Waals surface area contributed by atoms with Gasteiger partial charge in [0, 0.05) is 16.2 Å². The molecule has 0 saturated heterocycles. The molecule has 0 spiro atoms. The van der Waals surface area contributed by atoms with Gasteiger partial charge in [-0.25, -0.2) is 9.97 Å². The first-order chi connectivity index (χ1) is 10.8. The molecule has 22 heavy (non-hydrogen) atoms. The first kappa shape index (κ1) is 14.2. The number of halogens is 1. The molecular weight excluding hydrogens is 342 g/mol. The van der Waals surface area contributed by atoms with E-state index in [1.807, 2.05) is 54.7 Å². The fraction of sp³-hybridized carbons (Fsp3) is 0. The highest BCUT2D eigenvalue weighted by Gasteiger charge is 2.11. The van der Waals surface area contributed by atoms with Gasteiger partial charge in [0.15, 0.2) is 6.19 Å². The summed E-state index contributed by atoms with van der Waals surface area (Å²) in [6.45, 7) is 0. The van der Waals surface area contributed by atoms with E-state index in [0.29, 0.717) is 11.4 Å². The van der Waals surface area contributed by atoms with E-state index in [1.54, 1.807) is 6.20 Å². The number of nitrogens with zero attached hydrogens (tertiary/aromatic N) is 4. The van der Waals surface area contributed by atoms with Crippen LogP contribution < -0.4 is 5.32 Å². The molecule has 0 radical (unpaired) electrons. The van der Waals surface area contributed by atoms with Crippen LogP contribution in [0.15, 0.2) is 59.2 Å². The van der Waals surface area contributed by atoms with Gasteiger partial charge in [0.1, 0.15) is 0 Å². The van der Waals surface area contributed by atoms with Crippen LogP contribution in [-0.2, 0) is 0 Å². The lowest BCUT2D eigenvalue weighted by Crippen LogP contribution is -2.00. The largest absolute Gasteiger partial charge is 0.261 e. The zero-order valence-electron chi connectivity index (χ0n) is 11.4. The molecule has 0 aliphatic heterocycles. The van der Waals surface area contributed by atoms with Gasteiger partial charge in [-0.05, 0) is 24.3 Å². The Morgan fingerprint density at radius 3 is 2.45 bits per heavy atom. The molecule has 0 saturated carbocycles. The lowest BCUT2D eigenvalue weighted by atomic mass is 10.1. The summed E-state index contributed by atoms with van der Waals surface area (Å²) in [6.07, 6.45) is 3.55. The van der Waals surface area contributed by atoms with E-state index in [2.05, 4.69) is 36.2 Å². The summed E-state index contributed by atoms with van der Waals surface area (Å²) in [5.74, 6) is 0.247. The maximum Gasteiger partial charge on any atom is 0.237 e. The molecule has 106 valence electrons. The molecule has 1 aromatic carbocycles. The Morgan fingerprint density at radius 2 is 1.73 bits per heavy atom. The summed E-state index contributed by atoms with van der Waals surface area (Å²) in [6, 6.07) is 15.2. The predicted octanol–water partition coefficient (Wildman–Crippen LogP) is 3.86. The van der Waals surface area contributed by atoms with Gasteiger partial charge < -0.3 is 0 Å². The topological polar surface area (TPSA) is 74.5 Å². The Bertz CT molecular complexity index is 843. The van der Waals surface area contributed by atoms with Crippen molar-refractivity contribution in [2.75, 3.05) is 5.32 Å². The second-order valence-corrected chi connectivity index (χ2v) is 5.25. The minimum absolute atomic E-state index is 0.247. The first-order valence-electron chi connectivity index (χ1n) is 6.48. The van der Waals surface area contributed by atoms with Crippen LogP contribution in [0.3, 0.4) is 0 Å². The second kappa shape index (κ2) is 6.33. The van der Waals surface area contributed by atoms with Gasteiger partial charge in [0.2, 0.25) is 5.95 Å². The van der Waals surface area contributed by atoms with Crippen molar-refractivity contribution in [3.8, 4) is 28.8 Å². The molecule has 0 fully saturated rings. The second-order valence-electron chi connectivity index (χ2n) is 4.39. The number of rotatable bonds is 3. The molecule has 0 atom stereocenters. The standard InChI is InChI=1S/C16H10BrN5/c17-12-6-2-1-5-11(12)14-9-15(13-7-3-4-8-19-13)22-16(21-14)20-10-18/h1-9H,(H,20,21,22). The van der Waals surface area contributed by atoms with Gasteiger partial charge in [0.05, 0.1) is 17.1 Å². The fourth-order valence-corrected chi connectivity index (χ4v) is 2.49. The number of pyridine rings is 1. The van der Waals surface area contributed by atoms with E-state index in [0.717, 1.165) is 15.7 Å². The summed E-state index contributed by atoms with van der Waals surface area (Å²) in [5, 5.41) is 11.3. The lowest BCUT2D eigenvalue weighted by Gasteiger charge is -2.08. The fourth-order valence-electron chi connectivity index (χ4n) is 2.01. The molecule has 0 unspecified atom stereocenters. The number of anilines is 1. The summed E-state index contributed by atoms with van der Waals surface area (Å²) >= 11 is 3.52. The molecule has 3 aromatic rings. The molecule has 2 aromatic heterocycles. The van der Waals surface area contributed by atoms with Crippen LogP contribution >= 0.6 is 15.9 Å². The molecule has 0 amide bonds. The number of nitriles is 1. The molecular formula is C16H10BrN5. The minimum atomic E-state index is 0.247. The van der Waals surface area contributed by atoms with Crippen molar-refractivity contribution in [1.82, 2.24) is 15.0 Å². The Balaban J connectivity index is 2.17. The molecule has 1 N–H and O–H groups in total. The molecule has 5 nitrogen and oxygen atoms in total. The number of hydrogen-bond acceptors (Lipinski definition) is 5. The monoisotopic (exact) mass is 351 g/mol. The molecule has 2 heterocycles. The van der Waals surface area contributed by atoms with E-state index in [9.17, 15) is 0 Å². The van der Waals surface area contributed by atoms with Crippen molar-refractivity contribution in [1.29, 1.82) is 5.26 Å². The Hall–Kier alpha value is -2.78. The highest BCUT2D eigenvalue weighted by atomic mass is 79.9. The van der Waals surface area contributed by atoms with Crippen LogP contribution in [0.1, 0.15) is 0 Å². The number of aromatic nitrogens is 3. The third kappa shape index (κ3) is 2.95. The average Bonchev–Trinajstić information content (AvgIpc) is 2.56. The predicted molar refractivity (Wildman–Crippen MR) is 87.6 cm³/mol. The molecule has 0 aliphatic carbocycles. The van der Waals surface area contributed by atoms with Crippen LogP contribution in [-0.4, -0.2) is 15.0 Å². The van der Waals surface area contributed by atoms with Crippen molar-refractivity contribution in [2.45, 2.75) is 0 Å². The third-order valence-electron chi connectivity index (χ3n) is 2.97. The maximum absolute atomic E-state index is 8.83. The SMILES string of the molecule is N#CNc1nc(-c2ccccn2)cc(-c2ccccc2Br)n1.